The molecule has 2 heterocycles. The first-order valence-corrected chi connectivity index (χ1v) is 7.81. The van der Waals surface area contributed by atoms with Gasteiger partial charge in [-0.05, 0) is 47.5 Å². The highest BCUT2D eigenvalue weighted by molar-refractivity contribution is 7.10. The first-order chi connectivity index (χ1) is 9.28. The molecule has 0 spiro atoms. The lowest BCUT2D eigenvalue weighted by Gasteiger charge is -2.29. The second-order valence-electron chi connectivity index (χ2n) is 5.15. The van der Waals surface area contributed by atoms with Gasteiger partial charge in [0.2, 0.25) is 0 Å². The summed E-state index contributed by atoms with van der Waals surface area (Å²) in [7, 11) is 0. The van der Waals surface area contributed by atoms with Gasteiger partial charge >= 0.3 is 0 Å². The van der Waals surface area contributed by atoms with E-state index in [4.69, 9.17) is 5.73 Å². The van der Waals surface area contributed by atoms with Gasteiger partial charge in [0.1, 0.15) is 0 Å². The van der Waals surface area contributed by atoms with E-state index < -0.39 is 0 Å². The zero-order chi connectivity index (χ0) is 13.2. The van der Waals surface area contributed by atoms with Crippen LogP contribution in [0, 0.1) is 0 Å². The third-order valence-electron chi connectivity index (χ3n) is 3.93. The number of nitrogens with two attached hydrogens (primary N) is 1. The lowest BCUT2D eigenvalue weighted by atomic mass is 10.0. The molecule has 2 nitrogen and oxygen atoms in total. The molecule has 1 atom stereocenters. The van der Waals surface area contributed by atoms with E-state index in [0.29, 0.717) is 0 Å². The van der Waals surface area contributed by atoms with E-state index in [1.54, 1.807) is 4.88 Å². The fourth-order valence-corrected chi connectivity index (χ4v) is 3.53. The molecule has 0 radical (unpaired) electrons. The first kappa shape index (κ1) is 12.7. The minimum Gasteiger partial charge on any atom is -0.367 e. The van der Waals surface area contributed by atoms with Crippen LogP contribution in [-0.2, 0) is 13.0 Å². The molecule has 1 unspecified atom stereocenters. The topological polar surface area (TPSA) is 29.3 Å². The highest BCUT2D eigenvalue weighted by Gasteiger charge is 2.17. The lowest BCUT2D eigenvalue weighted by molar-refractivity contribution is 0.697. The van der Waals surface area contributed by atoms with Gasteiger partial charge in [-0.2, -0.15) is 0 Å². The van der Waals surface area contributed by atoms with Crippen molar-refractivity contribution >= 4 is 17.0 Å². The summed E-state index contributed by atoms with van der Waals surface area (Å²) in [5.74, 6) is 0. The predicted octanol–water partition coefficient (Wildman–Crippen LogP) is 3.72. The SMILES string of the molecule is CCC(N)c1ccc(N2CCc3sccc3C2)cc1. The third-order valence-corrected chi connectivity index (χ3v) is 4.96. The zero-order valence-corrected chi connectivity index (χ0v) is 12.1. The summed E-state index contributed by atoms with van der Waals surface area (Å²) in [4.78, 5) is 4.01. The Labute approximate surface area is 118 Å². The van der Waals surface area contributed by atoms with Crippen LogP contribution in [-0.4, -0.2) is 6.54 Å². The van der Waals surface area contributed by atoms with Crippen molar-refractivity contribution in [2.75, 3.05) is 11.4 Å². The van der Waals surface area contributed by atoms with Gasteiger partial charge in [-0.1, -0.05) is 19.1 Å². The Hall–Kier alpha value is -1.32. The van der Waals surface area contributed by atoms with Crippen molar-refractivity contribution in [3.63, 3.8) is 0 Å². The molecule has 1 aliphatic rings. The largest absolute Gasteiger partial charge is 0.367 e. The van der Waals surface area contributed by atoms with Crippen LogP contribution in [0.1, 0.15) is 35.4 Å². The Morgan fingerprint density at radius 2 is 2.05 bits per heavy atom. The van der Waals surface area contributed by atoms with E-state index >= 15 is 0 Å². The maximum absolute atomic E-state index is 6.06. The second kappa shape index (κ2) is 5.35. The van der Waals surface area contributed by atoms with Crippen molar-refractivity contribution in [3.05, 3.63) is 51.7 Å². The highest BCUT2D eigenvalue weighted by Crippen LogP contribution is 2.28. The second-order valence-corrected chi connectivity index (χ2v) is 6.15. The molecule has 0 amide bonds. The van der Waals surface area contributed by atoms with Gasteiger partial charge in [0.25, 0.3) is 0 Å². The van der Waals surface area contributed by atoms with Gasteiger partial charge in [-0.15, -0.1) is 11.3 Å². The number of rotatable bonds is 3. The Morgan fingerprint density at radius 1 is 1.26 bits per heavy atom. The highest BCUT2D eigenvalue weighted by atomic mass is 32.1. The van der Waals surface area contributed by atoms with E-state index in [0.717, 1.165) is 19.5 Å². The summed E-state index contributed by atoms with van der Waals surface area (Å²) in [6.07, 6.45) is 2.16. The maximum atomic E-state index is 6.06. The maximum Gasteiger partial charge on any atom is 0.0440 e. The van der Waals surface area contributed by atoms with Crippen LogP contribution in [0.3, 0.4) is 0 Å². The van der Waals surface area contributed by atoms with Crippen LogP contribution in [0.25, 0.3) is 0 Å². The van der Waals surface area contributed by atoms with Gasteiger partial charge in [0.15, 0.2) is 0 Å². The monoisotopic (exact) mass is 272 g/mol. The number of hydrogen-bond acceptors (Lipinski definition) is 3. The number of fused-ring (bicyclic) bond motifs is 1. The molecular formula is C16H20N2S. The van der Waals surface area contributed by atoms with Crippen LogP contribution in [0.4, 0.5) is 5.69 Å². The summed E-state index contributed by atoms with van der Waals surface area (Å²) in [5.41, 5.74) is 10.1. The molecular weight excluding hydrogens is 252 g/mol. The van der Waals surface area contributed by atoms with E-state index in [2.05, 4.69) is 47.5 Å². The summed E-state index contributed by atoms with van der Waals surface area (Å²) >= 11 is 1.89. The van der Waals surface area contributed by atoms with Crippen molar-refractivity contribution in [1.82, 2.24) is 0 Å². The Bertz CT molecular complexity index is 544. The van der Waals surface area contributed by atoms with E-state index in [1.165, 1.54) is 23.2 Å². The van der Waals surface area contributed by atoms with Gasteiger partial charge in [0, 0.05) is 29.7 Å². The number of thiophene rings is 1. The molecule has 19 heavy (non-hydrogen) atoms. The summed E-state index contributed by atoms with van der Waals surface area (Å²) in [6.45, 7) is 4.28. The van der Waals surface area contributed by atoms with Crippen molar-refractivity contribution in [2.24, 2.45) is 5.73 Å². The fourth-order valence-electron chi connectivity index (χ4n) is 2.64. The molecule has 0 fully saturated rings. The fraction of sp³-hybridized carbons (Fsp3) is 0.375. The van der Waals surface area contributed by atoms with Crippen molar-refractivity contribution in [2.45, 2.75) is 32.4 Å². The molecule has 0 saturated carbocycles. The number of anilines is 1. The van der Waals surface area contributed by atoms with Crippen LogP contribution >= 0.6 is 11.3 Å². The van der Waals surface area contributed by atoms with Crippen LogP contribution in [0.15, 0.2) is 35.7 Å². The molecule has 1 aromatic carbocycles. The summed E-state index contributed by atoms with van der Waals surface area (Å²) < 4.78 is 0. The van der Waals surface area contributed by atoms with E-state index in [9.17, 15) is 0 Å². The standard InChI is InChI=1S/C16H20N2S/c1-2-15(17)12-3-5-14(6-4-12)18-9-7-16-13(11-18)8-10-19-16/h3-6,8,10,15H,2,7,9,11,17H2,1H3. The van der Waals surface area contributed by atoms with Gasteiger partial charge in [0.05, 0.1) is 0 Å². The van der Waals surface area contributed by atoms with Crippen LogP contribution in [0.5, 0.6) is 0 Å². The molecule has 0 aliphatic carbocycles. The van der Waals surface area contributed by atoms with Gasteiger partial charge in [-0.25, -0.2) is 0 Å². The molecule has 1 aromatic heterocycles. The first-order valence-electron chi connectivity index (χ1n) is 6.93. The predicted molar refractivity (Wildman–Crippen MR) is 82.7 cm³/mol. The summed E-state index contributed by atoms with van der Waals surface area (Å²) in [6, 6.07) is 11.2. The smallest absolute Gasteiger partial charge is 0.0440 e. The normalized spacial score (nSPS) is 16.2. The minimum absolute atomic E-state index is 0.166. The number of hydrogen-bond donors (Lipinski definition) is 1. The van der Waals surface area contributed by atoms with E-state index in [1.807, 2.05) is 11.3 Å². The minimum atomic E-state index is 0.166. The van der Waals surface area contributed by atoms with Gasteiger partial charge < -0.3 is 10.6 Å². The molecule has 2 N–H and O–H groups in total. The van der Waals surface area contributed by atoms with Crippen molar-refractivity contribution in [1.29, 1.82) is 0 Å². The van der Waals surface area contributed by atoms with Crippen LogP contribution in [0.2, 0.25) is 0 Å². The third kappa shape index (κ3) is 2.53. The Kier molecular flexibility index (Phi) is 3.58. The molecule has 0 bridgehead atoms. The number of nitrogens with zero attached hydrogens (tertiary/aromatic N) is 1. The van der Waals surface area contributed by atoms with Crippen molar-refractivity contribution in [3.8, 4) is 0 Å². The average Bonchev–Trinajstić information content (AvgIpc) is 2.94. The molecule has 3 rings (SSSR count). The summed E-state index contributed by atoms with van der Waals surface area (Å²) in [5, 5.41) is 2.21. The lowest BCUT2D eigenvalue weighted by Crippen LogP contribution is -2.29. The van der Waals surface area contributed by atoms with E-state index in [-0.39, 0.29) is 6.04 Å². The average molecular weight is 272 g/mol. The quantitative estimate of drug-likeness (QED) is 0.922. The Balaban J connectivity index is 1.77. The molecule has 1 aliphatic heterocycles. The van der Waals surface area contributed by atoms with Gasteiger partial charge in [-0.3, -0.25) is 0 Å². The molecule has 3 heteroatoms. The molecule has 0 saturated heterocycles. The number of benzene rings is 1. The van der Waals surface area contributed by atoms with Crippen molar-refractivity contribution < 1.29 is 0 Å². The zero-order valence-electron chi connectivity index (χ0n) is 11.3. The Morgan fingerprint density at radius 3 is 2.79 bits per heavy atom. The van der Waals surface area contributed by atoms with Crippen LogP contribution < -0.4 is 10.6 Å². The molecule has 2 aromatic rings. The molecule has 100 valence electrons.